The van der Waals surface area contributed by atoms with Crippen molar-refractivity contribution in [1.82, 2.24) is 9.88 Å². The Bertz CT molecular complexity index is 1520. The highest BCUT2D eigenvalue weighted by Crippen LogP contribution is 2.37. The smallest absolute Gasteiger partial charge is 0.417 e. The number of alkyl halides is 3. The molecule has 1 aromatic heterocycles. The summed E-state index contributed by atoms with van der Waals surface area (Å²) >= 11 is 5.61. The summed E-state index contributed by atoms with van der Waals surface area (Å²) in [5.74, 6) is -0.224. The van der Waals surface area contributed by atoms with Crippen LogP contribution in [0.1, 0.15) is 34.3 Å². The average Bonchev–Trinajstić information content (AvgIpc) is 3.34. The predicted molar refractivity (Wildman–Crippen MR) is 132 cm³/mol. The fourth-order valence-corrected chi connectivity index (χ4v) is 5.19. The molecule has 1 aliphatic rings. The van der Waals surface area contributed by atoms with E-state index in [4.69, 9.17) is 16.3 Å². The summed E-state index contributed by atoms with van der Waals surface area (Å²) in [7, 11) is -4.48. The first-order chi connectivity index (χ1) is 17.9. The van der Waals surface area contributed by atoms with Gasteiger partial charge in [-0.2, -0.15) is 18.4 Å². The molecule has 1 N–H and O–H groups in total. The second-order valence-corrected chi connectivity index (χ2v) is 10.6. The molecule has 198 valence electrons. The van der Waals surface area contributed by atoms with Crippen LogP contribution in [0.3, 0.4) is 0 Å². The number of nitriles is 1. The molecule has 4 rings (SSSR count). The molecule has 8 nitrogen and oxygen atoms in total. The zero-order chi connectivity index (χ0) is 27.7. The van der Waals surface area contributed by atoms with E-state index in [1.807, 2.05) is 0 Å². The molecule has 1 atom stereocenters. The van der Waals surface area contributed by atoms with E-state index < -0.39 is 37.7 Å². The minimum absolute atomic E-state index is 0.109. The van der Waals surface area contributed by atoms with E-state index in [1.54, 1.807) is 6.92 Å². The highest BCUT2D eigenvalue weighted by molar-refractivity contribution is 7.92. The minimum atomic E-state index is -4.85. The molecule has 0 spiro atoms. The van der Waals surface area contributed by atoms with Gasteiger partial charge >= 0.3 is 6.18 Å². The fraction of sp³-hybridized carbons (Fsp3) is 0.240. The van der Waals surface area contributed by atoms with Gasteiger partial charge in [0.15, 0.2) is 0 Å². The van der Waals surface area contributed by atoms with Crippen LogP contribution >= 0.6 is 11.6 Å². The summed E-state index contributed by atoms with van der Waals surface area (Å²) in [5, 5.41) is 8.59. The number of aryl methyl sites for hydroxylation is 1. The molecule has 0 saturated carbocycles. The number of anilines is 1. The lowest BCUT2D eigenvalue weighted by atomic mass is 10.1. The van der Waals surface area contributed by atoms with Gasteiger partial charge in [0, 0.05) is 18.3 Å². The molecule has 13 heteroatoms. The third-order valence-electron chi connectivity index (χ3n) is 5.76. The van der Waals surface area contributed by atoms with Crippen LogP contribution in [0.4, 0.5) is 18.9 Å². The molecule has 2 heterocycles. The number of hydrogen-bond acceptors (Lipinski definition) is 6. The molecule has 3 aromatic rings. The lowest BCUT2D eigenvalue weighted by molar-refractivity contribution is -0.137. The van der Waals surface area contributed by atoms with Crippen molar-refractivity contribution >= 4 is 33.2 Å². The number of nitrogens with one attached hydrogen (secondary N) is 1. The lowest BCUT2D eigenvalue weighted by Gasteiger charge is -2.19. The Labute approximate surface area is 221 Å². The summed E-state index contributed by atoms with van der Waals surface area (Å²) in [4.78, 5) is 17.7. The maximum Gasteiger partial charge on any atom is 0.417 e. The number of ether oxygens (including phenoxy) is 1. The molecule has 0 aliphatic carbocycles. The molecule has 0 unspecified atom stereocenters. The van der Waals surface area contributed by atoms with Crippen molar-refractivity contribution in [2.24, 2.45) is 0 Å². The Morgan fingerprint density at radius 3 is 2.58 bits per heavy atom. The first-order valence-corrected chi connectivity index (χ1v) is 13.1. The second-order valence-electron chi connectivity index (χ2n) is 8.52. The summed E-state index contributed by atoms with van der Waals surface area (Å²) in [6, 6.07) is 11.3. The van der Waals surface area contributed by atoms with Crippen LogP contribution in [0.2, 0.25) is 5.02 Å². The third-order valence-corrected chi connectivity index (χ3v) is 7.46. The van der Waals surface area contributed by atoms with Gasteiger partial charge in [-0.3, -0.25) is 9.52 Å². The molecular formula is C25H20ClF3N4O4S. The van der Waals surface area contributed by atoms with Crippen molar-refractivity contribution in [3.8, 4) is 17.7 Å². The van der Waals surface area contributed by atoms with Gasteiger partial charge < -0.3 is 9.64 Å². The van der Waals surface area contributed by atoms with Gasteiger partial charge in [0.2, 0.25) is 5.88 Å². The molecule has 2 aromatic carbocycles. The van der Waals surface area contributed by atoms with Crippen molar-refractivity contribution in [3.63, 3.8) is 0 Å². The van der Waals surface area contributed by atoms with E-state index >= 15 is 0 Å². The summed E-state index contributed by atoms with van der Waals surface area (Å²) in [6.07, 6.45) is -2.06. The van der Waals surface area contributed by atoms with Crippen LogP contribution in [0.25, 0.3) is 0 Å². The predicted octanol–water partition coefficient (Wildman–Crippen LogP) is 5.78. The van der Waals surface area contributed by atoms with Crippen molar-refractivity contribution in [1.29, 1.82) is 5.26 Å². The molecule has 1 saturated heterocycles. The molecule has 0 bridgehead atoms. The Morgan fingerprint density at radius 1 is 1.21 bits per heavy atom. The number of rotatable bonds is 6. The van der Waals surface area contributed by atoms with Gasteiger partial charge in [0.1, 0.15) is 17.5 Å². The monoisotopic (exact) mass is 564 g/mol. The van der Waals surface area contributed by atoms with E-state index in [2.05, 4.69) is 15.8 Å². The maximum atomic E-state index is 13.2. The van der Waals surface area contributed by atoms with E-state index in [1.165, 1.54) is 41.4 Å². The number of hydrogen-bond donors (Lipinski definition) is 1. The molecule has 1 fully saturated rings. The Balaban J connectivity index is 1.57. The van der Waals surface area contributed by atoms with Crippen LogP contribution in [-0.4, -0.2) is 36.8 Å². The van der Waals surface area contributed by atoms with Gasteiger partial charge in [-0.1, -0.05) is 11.6 Å². The molecule has 0 radical (unpaired) electrons. The maximum absolute atomic E-state index is 13.2. The van der Waals surface area contributed by atoms with Gasteiger partial charge in [0.05, 0.1) is 21.6 Å². The van der Waals surface area contributed by atoms with Crippen molar-refractivity contribution in [2.75, 3.05) is 11.3 Å². The number of pyridine rings is 1. The minimum Gasteiger partial charge on any atom is -0.437 e. The highest BCUT2D eigenvalue weighted by Gasteiger charge is 2.35. The highest BCUT2D eigenvalue weighted by atomic mass is 35.5. The Morgan fingerprint density at radius 2 is 1.92 bits per heavy atom. The van der Waals surface area contributed by atoms with Crippen molar-refractivity contribution < 1.29 is 31.1 Å². The number of benzene rings is 2. The zero-order valence-corrected chi connectivity index (χ0v) is 21.4. The largest absolute Gasteiger partial charge is 0.437 e. The number of aromatic nitrogens is 1. The standard InChI is InChI=1S/C25H20ClF3N4O4S/c1-15-11-22(32-38(35,36)19-8-9-21(26)20(12-19)25(27,28)29)23(31-14-15)37-18-6-4-16(5-7-18)24(34)33-10-2-3-17(33)13-30/h4-9,11-12,14,17,32H,2-3,10H2,1H3/t17-/m0/s1. The van der Waals surface area contributed by atoms with E-state index in [0.717, 1.165) is 18.6 Å². The van der Waals surface area contributed by atoms with Crippen LogP contribution in [0.5, 0.6) is 11.6 Å². The van der Waals surface area contributed by atoms with E-state index in [9.17, 15) is 31.6 Å². The molecule has 1 aliphatic heterocycles. The van der Waals surface area contributed by atoms with Gasteiger partial charge in [0.25, 0.3) is 15.9 Å². The summed E-state index contributed by atoms with van der Waals surface area (Å²) in [6.45, 7) is 2.13. The zero-order valence-electron chi connectivity index (χ0n) is 19.8. The van der Waals surface area contributed by atoms with Crippen LogP contribution < -0.4 is 9.46 Å². The fourth-order valence-electron chi connectivity index (χ4n) is 3.89. The molecule has 1 amide bonds. The number of nitrogens with zero attached hydrogens (tertiary/aromatic N) is 3. The topological polar surface area (TPSA) is 112 Å². The quantitative estimate of drug-likeness (QED) is 0.406. The number of carbonyl (C=O) groups excluding carboxylic acids is 1. The average molecular weight is 565 g/mol. The van der Waals surface area contributed by atoms with Crippen molar-refractivity contribution in [2.45, 2.75) is 36.9 Å². The third kappa shape index (κ3) is 5.84. The van der Waals surface area contributed by atoms with Crippen LogP contribution in [0.15, 0.2) is 59.6 Å². The number of carbonyl (C=O) groups is 1. The number of halogens is 4. The van der Waals surface area contributed by atoms with Gasteiger partial charge in [-0.25, -0.2) is 13.4 Å². The normalized spacial score (nSPS) is 15.7. The first kappa shape index (κ1) is 27.2. The van der Waals surface area contributed by atoms with Crippen molar-refractivity contribution in [3.05, 3.63) is 76.4 Å². The summed E-state index contributed by atoms with van der Waals surface area (Å²) in [5.41, 5.74) is -0.491. The Hall–Kier alpha value is -3.82. The number of amides is 1. The van der Waals surface area contributed by atoms with Gasteiger partial charge in [-0.05, 0) is 73.9 Å². The van der Waals surface area contributed by atoms with E-state index in [-0.39, 0.29) is 23.2 Å². The van der Waals surface area contributed by atoms with Crippen LogP contribution in [0, 0.1) is 18.3 Å². The van der Waals surface area contributed by atoms with E-state index in [0.29, 0.717) is 30.2 Å². The lowest BCUT2D eigenvalue weighted by Crippen LogP contribution is -2.34. The number of sulfonamides is 1. The number of likely N-dealkylation sites (tertiary alicyclic amines) is 1. The molecule has 38 heavy (non-hydrogen) atoms. The SMILES string of the molecule is Cc1cnc(Oc2ccc(C(=O)N3CCC[C@H]3C#N)cc2)c(NS(=O)(=O)c2ccc(Cl)c(C(F)(F)F)c2)c1. The first-order valence-electron chi connectivity index (χ1n) is 11.2. The Kier molecular flexibility index (Phi) is 7.53. The molecular weight excluding hydrogens is 545 g/mol. The van der Waals surface area contributed by atoms with Gasteiger partial charge in [-0.15, -0.1) is 0 Å². The van der Waals surface area contributed by atoms with Crippen LogP contribution in [-0.2, 0) is 16.2 Å². The summed E-state index contributed by atoms with van der Waals surface area (Å²) < 4.78 is 73.5. The second kappa shape index (κ2) is 10.5.